The molecular formula is C16H22N2O5. The zero-order valence-electron chi connectivity index (χ0n) is 13.5. The number of hydrogen-bond acceptors (Lipinski definition) is 5. The number of rotatable bonds is 8. The number of ether oxygens (including phenoxy) is 2. The van der Waals surface area contributed by atoms with Crippen molar-refractivity contribution >= 4 is 17.8 Å². The highest BCUT2D eigenvalue weighted by atomic mass is 16.5. The van der Waals surface area contributed by atoms with Crippen LogP contribution in [0.4, 0.5) is 0 Å². The number of carbonyl (C=O) groups excluding carboxylic acids is 3. The number of amides is 2. The topological polar surface area (TPSA) is 93.7 Å². The SMILES string of the molecule is CCNC(=O)[C@H](C)NC(=O)COC(=O)c1ccc(OCC)cc1. The van der Waals surface area contributed by atoms with Crippen LogP contribution in [0.2, 0.25) is 0 Å². The number of benzene rings is 1. The summed E-state index contributed by atoms with van der Waals surface area (Å²) < 4.78 is 10.2. The maximum Gasteiger partial charge on any atom is 0.338 e. The molecule has 0 aliphatic heterocycles. The third kappa shape index (κ3) is 6.37. The van der Waals surface area contributed by atoms with Gasteiger partial charge in [-0.2, -0.15) is 0 Å². The van der Waals surface area contributed by atoms with E-state index in [9.17, 15) is 14.4 Å². The summed E-state index contributed by atoms with van der Waals surface area (Å²) in [6.45, 7) is 5.76. The summed E-state index contributed by atoms with van der Waals surface area (Å²) in [4.78, 5) is 34.9. The van der Waals surface area contributed by atoms with Gasteiger partial charge >= 0.3 is 5.97 Å². The highest BCUT2D eigenvalue weighted by molar-refractivity contribution is 5.92. The van der Waals surface area contributed by atoms with Gasteiger partial charge in [-0.05, 0) is 45.0 Å². The summed E-state index contributed by atoms with van der Waals surface area (Å²) in [5.41, 5.74) is 0.318. The molecule has 0 aliphatic carbocycles. The van der Waals surface area contributed by atoms with Gasteiger partial charge in [-0.1, -0.05) is 0 Å². The molecule has 0 saturated carbocycles. The Morgan fingerprint density at radius 2 is 1.78 bits per heavy atom. The molecule has 0 fully saturated rings. The molecule has 7 nitrogen and oxygen atoms in total. The molecule has 1 atom stereocenters. The molecular weight excluding hydrogens is 300 g/mol. The van der Waals surface area contributed by atoms with Crippen LogP contribution in [0.5, 0.6) is 5.75 Å². The molecule has 0 spiro atoms. The molecule has 7 heteroatoms. The monoisotopic (exact) mass is 322 g/mol. The van der Waals surface area contributed by atoms with Crippen LogP contribution < -0.4 is 15.4 Å². The number of likely N-dealkylation sites (N-methyl/N-ethyl adjacent to an activating group) is 1. The lowest BCUT2D eigenvalue weighted by atomic mass is 10.2. The number of hydrogen-bond donors (Lipinski definition) is 2. The maximum atomic E-state index is 11.8. The summed E-state index contributed by atoms with van der Waals surface area (Å²) in [7, 11) is 0. The van der Waals surface area contributed by atoms with Crippen LogP contribution in [-0.4, -0.2) is 43.6 Å². The third-order valence-electron chi connectivity index (χ3n) is 2.86. The van der Waals surface area contributed by atoms with Gasteiger partial charge in [0.2, 0.25) is 5.91 Å². The second kappa shape index (κ2) is 9.45. The lowest BCUT2D eigenvalue weighted by Gasteiger charge is -2.13. The first-order chi connectivity index (χ1) is 11.0. The standard InChI is InChI=1S/C16H22N2O5/c1-4-17-15(20)11(3)18-14(19)10-23-16(21)12-6-8-13(9-7-12)22-5-2/h6-9,11H,4-5,10H2,1-3H3,(H,17,20)(H,18,19)/t11-/m0/s1. The van der Waals surface area contributed by atoms with Crippen LogP contribution >= 0.6 is 0 Å². The Morgan fingerprint density at radius 1 is 1.13 bits per heavy atom. The highest BCUT2D eigenvalue weighted by Gasteiger charge is 2.16. The molecule has 0 unspecified atom stereocenters. The molecule has 0 aliphatic rings. The van der Waals surface area contributed by atoms with Gasteiger partial charge in [0.1, 0.15) is 11.8 Å². The first-order valence-corrected chi connectivity index (χ1v) is 7.45. The predicted molar refractivity (Wildman–Crippen MR) is 84.2 cm³/mol. The van der Waals surface area contributed by atoms with Crippen LogP contribution in [0.25, 0.3) is 0 Å². The smallest absolute Gasteiger partial charge is 0.338 e. The minimum atomic E-state index is -0.688. The van der Waals surface area contributed by atoms with Crippen molar-refractivity contribution in [2.24, 2.45) is 0 Å². The van der Waals surface area contributed by atoms with Gasteiger partial charge < -0.3 is 20.1 Å². The van der Waals surface area contributed by atoms with Crippen LogP contribution in [0.3, 0.4) is 0 Å². The average molecular weight is 322 g/mol. The van der Waals surface area contributed by atoms with Crippen molar-refractivity contribution < 1.29 is 23.9 Å². The van der Waals surface area contributed by atoms with Gasteiger partial charge in [-0.3, -0.25) is 9.59 Å². The molecule has 0 radical (unpaired) electrons. The van der Waals surface area contributed by atoms with Crippen LogP contribution in [-0.2, 0) is 14.3 Å². The van der Waals surface area contributed by atoms with Crippen molar-refractivity contribution in [2.75, 3.05) is 19.8 Å². The van der Waals surface area contributed by atoms with Gasteiger partial charge in [-0.25, -0.2) is 4.79 Å². The van der Waals surface area contributed by atoms with E-state index in [0.717, 1.165) is 0 Å². The Balaban J connectivity index is 2.43. The molecule has 0 bridgehead atoms. The molecule has 2 N–H and O–H groups in total. The van der Waals surface area contributed by atoms with E-state index in [1.54, 1.807) is 38.1 Å². The first kappa shape index (κ1) is 18.5. The average Bonchev–Trinajstić information content (AvgIpc) is 2.53. The predicted octanol–water partition coefficient (Wildman–Crippen LogP) is 0.883. The summed E-state index contributed by atoms with van der Waals surface area (Å²) in [5, 5.41) is 5.03. The fourth-order valence-electron chi connectivity index (χ4n) is 1.74. The summed E-state index contributed by atoms with van der Waals surface area (Å²) in [6.07, 6.45) is 0. The lowest BCUT2D eigenvalue weighted by Crippen LogP contribution is -2.46. The molecule has 1 aromatic carbocycles. The number of nitrogens with one attached hydrogen (secondary N) is 2. The molecule has 1 aromatic rings. The highest BCUT2D eigenvalue weighted by Crippen LogP contribution is 2.12. The van der Waals surface area contributed by atoms with Gasteiger partial charge in [0.25, 0.3) is 5.91 Å². The Hall–Kier alpha value is -2.57. The fraction of sp³-hybridized carbons (Fsp3) is 0.438. The van der Waals surface area contributed by atoms with Crippen LogP contribution in [0.15, 0.2) is 24.3 Å². The van der Waals surface area contributed by atoms with E-state index in [4.69, 9.17) is 9.47 Å². The fourth-order valence-corrected chi connectivity index (χ4v) is 1.74. The van der Waals surface area contributed by atoms with Crippen molar-refractivity contribution in [3.8, 4) is 5.75 Å². The zero-order chi connectivity index (χ0) is 17.2. The lowest BCUT2D eigenvalue weighted by molar-refractivity contribution is -0.130. The minimum absolute atomic E-state index is 0.293. The van der Waals surface area contributed by atoms with E-state index >= 15 is 0 Å². The Labute approximate surface area is 135 Å². The Kier molecular flexibility index (Phi) is 7.59. The first-order valence-electron chi connectivity index (χ1n) is 7.45. The number of esters is 1. The molecule has 0 saturated heterocycles. The quantitative estimate of drug-likeness (QED) is 0.693. The largest absolute Gasteiger partial charge is 0.494 e. The van der Waals surface area contributed by atoms with Crippen LogP contribution in [0.1, 0.15) is 31.1 Å². The van der Waals surface area contributed by atoms with E-state index < -0.39 is 24.5 Å². The number of carbonyl (C=O) groups is 3. The van der Waals surface area contributed by atoms with E-state index in [1.165, 1.54) is 0 Å². The third-order valence-corrected chi connectivity index (χ3v) is 2.86. The van der Waals surface area contributed by atoms with Crippen molar-refractivity contribution in [3.63, 3.8) is 0 Å². The van der Waals surface area contributed by atoms with Crippen molar-refractivity contribution in [1.82, 2.24) is 10.6 Å². The van der Waals surface area contributed by atoms with E-state index in [-0.39, 0.29) is 5.91 Å². The summed E-state index contributed by atoms with van der Waals surface area (Å²) >= 11 is 0. The van der Waals surface area contributed by atoms with Gasteiger partial charge in [-0.15, -0.1) is 0 Å². The van der Waals surface area contributed by atoms with Crippen molar-refractivity contribution in [2.45, 2.75) is 26.8 Å². The molecule has 1 rings (SSSR count). The van der Waals surface area contributed by atoms with E-state index in [1.807, 2.05) is 6.92 Å². The normalized spacial score (nSPS) is 11.3. The van der Waals surface area contributed by atoms with Crippen LogP contribution in [0, 0.1) is 0 Å². The molecule has 0 aromatic heterocycles. The minimum Gasteiger partial charge on any atom is -0.494 e. The van der Waals surface area contributed by atoms with Gasteiger partial charge in [0.05, 0.1) is 12.2 Å². The molecule has 126 valence electrons. The molecule has 0 heterocycles. The Bertz CT molecular complexity index is 542. The van der Waals surface area contributed by atoms with Crippen molar-refractivity contribution in [1.29, 1.82) is 0 Å². The van der Waals surface area contributed by atoms with E-state index in [0.29, 0.717) is 24.5 Å². The van der Waals surface area contributed by atoms with E-state index in [2.05, 4.69) is 10.6 Å². The zero-order valence-corrected chi connectivity index (χ0v) is 13.5. The maximum absolute atomic E-state index is 11.8. The second-order valence-corrected chi connectivity index (χ2v) is 4.72. The summed E-state index contributed by atoms with van der Waals surface area (Å²) in [6, 6.07) is 5.73. The van der Waals surface area contributed by atoms with Gasteiger partial charge in [0.15, 0.2) is 6.61 Å². The van der Waals surface area contributed by atoms with Gasteiger partial charge in [0, 0.05) is 6.54 Å². The second-order valence-electron chi connectivity index (χ2n) is 4.72. The molecule has 23 heavy (non-hydrogen) atoms. The van der Waals surface area contributed by atoms with Crippen molar-refractivity contribution in [3.05, 3.63) is 29.8 Å². The molecule has 2 amide bonds. The Morgan fingerprint density at radius 3 is 2.35 bits per heavy atom. The summed E-state index contributed by atoms with van der Waals surface area (Å²) in [5.74, 6) is -0.798.